The normalized spacial score (nSPS) is 10.8. The van der Waals surface area contributed by atoms with Crippen LogP contribution in [0.15, 0.2) is 45.3 Å². The first-order valence-corrected chi connectivity index (χ1v) is 7.07. The Morgan fingerprint density at radius 3 is 2.95 bits per heavy atom. The zero-order chi connectivity index (χ0) is 13.5. The van der Waals surface area contributed by atoms with Crippen LogP contribution in [0.3, 0.4) is 0 Å². The summed E-state index contributed by atoms with van der Waals surface area (Å²) in [7, 11) is 0. The van der Waals surface area contributed by atoms with E-state index in [1.54, 1.807) is 6.21 Å². The van der Waals surface area contributed by atoms with Crippen LogP contribution in [0, 0.1) is 0 Å². The third kappa shape index (κ3) is 4.84. The molecule has 2 aromatic rings. The molecule has 6 nitrogen and oxygen atoms in total. The second-order valence-corrected chi connectivity index (χ2v) is 5.30. The number of thioether (sulfide) groups is 1. The summed E-state index contributed by atoms with van der Waals surface area (Å²) in [5.41, 5.74) is 3.35. The van der Waals surface area contributed by atoms with E-state index in [1.165, 1.54) is 18.1 Å². The van der Waals surface area contributed by atoms with Gasteiger partial charge in [-0.15, -0.1) is 0 Å². The molecule has 2 N–H and O–H groups in total. The Kier molecular flexibility index (Phi) is 5.10. The van der Waals surface area contributed by atoms with E-state index in [-0.39, 0.29) is 11.7 Å². The molecular formula is C11H10BrN5OS. The number of carbonyl (C=O) groups is 1. The minimum Gasteiger partial charge on any atom is -0.272 e. The summed E-state index contributed by atoms with van der Waals surface area (Å²) in [5, 5.41) is 10.8. The molecule has 0 saturated heterocycles. The Morgan fingerprint density at radius 1 is 1.47 bits per heavy atom. The second kappa shape index (κ2) is 7.05. The molecule has 0 aliphatic heterocycles. The number of aromatic amines is 1. The molecule has 0 aliphatic rings. The molecule has 0 spiro atoms. The van der Waals surface area contributed by atoms with Gasteiger partial charge < -0.3 is 0 Å². The maximum atomic E-state index is 11.5. The van der Waals surface area contributed by atoms with Crippen molar-refractivity contribution in [2.45, 2.75) is 5.16 Å². The Morgan fingerprint density at radius 2 is 2.26 bits per heavy atom. The summed E-state index contributed by atoms with van der Waals surface area (Å²) in [6, 6.07) is 7.60. The topological polar surface area (TPSA) is 83.0 Å². The molecular weight excluding hydrogens is 330 g/mol. The van der Waals surface area contributed by atoms with Gasteiger partial charge in [-0.3, -0.25) is 9.89 Å². The predicted molar refractivity (Wildman–Crippen MR) is 77.0 cm³/mol. The van der Waals surface area contributed by atoms with Gasteiger partial charge in [-0.25, -0.2) is 10.4 Å². The number of benzene rings is 1. The first-order valence-electron chi connectivity index (χ1n) is 5.29. The van der Waals surface area contributed by atoms with Crippen molar-refractivity contribution in [3.63, 3.8) is 0 Å². The summed E-state index contributed by atoms with van der Waals surface area (Å²) in [4.78, 5) is 15.4. The van der Waals surface area contributed by atoms with Crippen LogP contribution >= 0.6 is 27.7 Å². The number of nitrogens with one attached hydrogen (secondary N) is 2. The van der Waals surface area contributed by atoms with E-state index < -0.39 is 0 Å². The maximum absolute atomic E-state index is 11.5. The van der Waals surface area contributed by atoms with Crippen LogP contribution in [-0.2, 0) is 4.79 Å². The average molecular weight is 340 g/mol. The predicted octanol–water partition coefficient (Wildman–Crippen LogP) is 1.81. The third-order valence-corrected chi connectivity index (χ3v) is 3.41. The van der Waals surface area contributed by atoms with Crippen molar-refractivity contribution >= 4 is 39.8 Å². The van der Waals surface area contributed by atoms with Gasteiger partial charge in [0, 0.05) is 4.47 Å². The van der Waals surface area contributed by atoms with E-state index in [1.807, 2.05) is 24.3 Å². The van der Waals surface area contributed by atoms with Gasteiger partial charge in [0.05, 0.1) is 12.0 Å². The van der Waals surface area contributed by atoms with Gasteiger partial charge in [-0.05, 0) is 17.7 Å². The van der Waals surface area contributed by atoms with Gasteiger partial charge >= 0.3 is 0 Å². The molecule has 0 fully saturated rings. The summed E-state index contributed by atoms with van der Waals surface area (Å²) < 4.78 is 0.997. The van der Waals surface area contributed by atoms with Crippen molar-refractivity contribution in [1.82, 2.24) is 20.6 Å². The summed E-state index contributed by atoms with van der Waals surface area (Å²) >= 11 is 4.61. The second-order valence-electron chi connectivity index (χ2n) is 3.42. The third-order valence-electron chi connectivity index (χ3n) is 2.01. The Labute approximate surface area is 122 Å². The first kappa shape index (κ1) is 13.8. The van der Waals surface area contributed by atoms with Gasteiger partial charge in [0.2, 0.25) is 0 Å². The minimum atomic E-state index is -0.199. The number of hydrogen-bond acceptors (Lipinski definition) is 5. The molecule has 0 atom stereocenters. The lowest BCUT2D eigenvalue weighted by atomic mass is 10.2. The highest BCUT2D eigenvalue weighted by molar-refractivity contribution is 9.10. The molecule has 2 rings (SSSR count). The van der Waals surface area contributed by atoms with Crippen LogP contribution in [-0.4, -0.2) is 33.1 Å². The van der Waals surface area contributed by atoms with Crippen molar-refractivity contribution < 1.29 is 4.79 Å². The van der Waals surface area contributed by atoms with E-state index in [0.29, 0.717) is 5.16 Å². The van der Waals surface area contributed by atoms with Crippen molar-refractivity contribution in [1.29, 1.82) is 0 Å². The molecule has 1 aromatic heterocycles. The maximum Gasteiger partial charge on any atom is 0.250 e. The highest BCUT2D eigenvalue weighted by atomic mass is 79.9. The summed E-state index contributed by atoms with van der Waals surface area (Å²) in [6.45, 7) is 0. The van der Waals surface area contributed by atoms with Crippen LogP contribution < -0.4 is 5.43 Å². The van der Waals surface area contributed by atoms with E-state index in [0.717, 1.165) is 10.0 Å². The molecule has 0 bridgehead atoms. The van der Waals surface area contributed by atoms with Crippen LogP contribution in [0.4, 0.5) is 0 Å². The van der Waals surface area contributed by atoms with Gasteiger partial charge in [0.1, 0.15) is 6.33 Å². The molecule has 1 aromatic carbocycles. The summed E-state index contributed by atoms with van der Waals surface area (Å²) in [6.07, 6.45) is 2.98. The lowest BCUT2D eigenvalue weighted by Crippen LogP contribution is -2.19. The van der Waals surface area contributed by atoms with Crippen LogP contribution in [0.1, 0.15) is 5.56 Å². The van der Waals surface area contributed by atoms with Crippen molar-refractivity contribution in [2.24, 2.45) is 5.10 Å². The van der Waals surface area contributed by atoms with E-state index in [9.17, 15) is 4.79 Å². The van der Waals surface area contributed by atoms with Crippen LogP contribution in [0.2, 0.25) is 0 Å². The molecule has 0 radical (unpaired) electrons. The Bertz CT molecular complexity index is 555. The number of amides is 1. The highest BCUT2D eigenvalue weighted by Gasteiger charge is 2.02. The molecule has 1 heterocycles. The molecule has 0 unspecified atom stereocenters. The fourth-order valence-electron chi connectivity index (χ4n) is 1.16. The highest BCUT2D eigenvalue weighted by Crippen LogP contribution is 2.10. The first-order chi connectivity index (χ1) is 9.24. The quantitative estimate of drug-likeness (QED) is 0.494. The number of rotatable bonds is 5. The molecule has 98 valence electrons. The minimum absolute atomic E-state index is 0.199. The Hall–Kier alpha value is -1.67. The van der Waals surface area contributed by atoms with Crippen molar-refractivity contribution in [3.05, 3.63) is 40.6 Å². The fourth-order valence-corrected chi connectivity index (χ4v) is 1.99. The molecule has 19 heavy (non-hydrogen) atoms. The SMILES string of the molecule is O=C(CSc1ncn[nH]1)N/N=C/c1ccc(Br)cc1. The molecule has 8 heteroatoms. The van der Waals surface area contributed by atoms with E-state index in [4.69, 9.17) is 0 Å². The number of hydrazone groups is 1. The monoisotopic (exact) mass is 339 g/mol. The number of H-pyrrole nitrogens is 1. The van der Waals surface area contributed by atoms with Crippen LogP contribution in [0.25, 0.3) is 0 Å². The van der Waals surface area contributed by atoms with Gasteiger partial charge in [0.25, 0.3) is 5.91 Å². The zero-order valence-electron chi connectivity index (χ0n) is 9.71. The summed E-state index contributed by atoms with van der Waals surface area (Å²) in [5.74, 6) is 0.0297. The Balaban J connectivity index is 1.75. The number of aromatic nitrogens is 3. The molecule has 0 aliphatic carbocycles. The number of nitrogens with zero attached hydrogens (tertiary/aromatic N) is 3. The van der Waals surface area contributed by atoms with Crippen LogP contribution in [0.5, 0.6) is 0 Å². The molecule has 1 amide bonds. The van der Waals surface area contributed by atoms with Gasteiger partial charge in [-0.1, -0.05) is 39.8 Å². The lowest BCUT2D eigenvalue weighted by molar-refractivity contribution is -0.118. The average Bonchev–Trinajstić information content (AvgIpc) is 2.92. The van der Waals surface area contributed by atoms with Crippen molar-refractivity contribution in [3.8, 4) is 0 Å². The smallest absolute Gasteiger partial charge is 0.250 e. The number of halogens is 1. The largest absolute Gasteiger partial charge is 0.272 e. The number of hydrogen-bond donors (Lipinski definition) is 2. The standard InChI is InChI=1S/C11H10BrN5OS/c12-9-3-1-8(2-4-9)5-14-16-10(18)6-19-11-13-7-15-17-11/h1-5,7H,6H2,(H,16,18)(H,13,15,17)/b14-5+. The van der Waals surface area contributed by atoms with Gasteiger partial charge in [0.15, 0.2) is 5.16 Å². The lowest BCUT2D eigenvalue weighted by Gasteiger charge is -1.97. The zero-order valence-corrected chi connectivity index (χ0v) is 12.1. The van der Waals surface area contributed by atoms with Gasteiger partial charge in [-0.2, -0.15) is 10.2 Å². The van der Waals surface area contributed by atoms with E-state index in [2.05, 4.69) is 41.6 Å². The van der Waals surface area contributed by atoms with E-state index >= 15 is 0 Å². The number of carbonyl (C=O) groups excluding carboxylic acids is 1. The fraction of sp³-hybridized carbons (Fsp3) is 0.0909. The van der Waals surface area contributed by atoms with Crippen molar-refractivity contribution in [2.75, 3.05) is 5.75 Å². The molecule has 0 saturated carbocycles.